The minimum Gasteiger partial charge on any atom is -0.477 e. The van der Waals surface area contributed by atoms with E-state index in [4.69, 9.17) is 17.3 Å². The van der Waals surface area contributed by atoms with Gasteiger partial charge in [-0.15, -0.1) is 0 Å². The molecule has 0 aromatic rings. The molecule has 0 aromatic carbocycles. The van der Waals surface area contributed by atoms with Crippen LogP contribution in [0.1, 0.15) is 13.8 Å². The lowest BCUT2D eigenvalue weighted by Crippen LogP contribution is -2.27. The number of hydrogen-bond acceptors (Lipinski definition) is 6. The van der Waals surface area contributed by atoms with Crippen LogP contribution in [0.4, 0.5) is 0 Å². The molecular weight excluding hydrogens is 328 g/mol. The van der Waals surface area contributed by atoms with Crippen molar-refractivity contribution in [2.45, 2.75) is 13.8 Å². The van der Waals surface area contributed by atoms with Crippen molar-refractivity contribution < 1.29 is 14.7 Å². The average Bonchev–Trinajstić information content (AvgIpc) is 2.86. The van der Waals surface area contributed by atoms with Crippen LogP contribution in [0, 0.1) is 0 Å². The van der Waals surface area contributed by atoms with Crippen molar-refractivity contribution in [3.8, 4) is 0 Å². The average molecular weight is 342 g/mol. The first-order valence-corrected chi connectivity index (χ1v) is 8.22. The van der Waals surface area contributed by atoms with Crippen LogP contribution in [-0.2, 0) is 9.59 Å². The van der Waals surface area contributed by atoms with Gasteiger partial charge in [-0.2, -0.15) is 0 Å². The molecule has 1 saturated heterocycles. The van der Waals surface area contributed by atoms with E-state index in [0.29, 0.717) is 26.4 Å². The molecule has 112 valence electrons. The Kier molecular flexibility index (Phi) is 4.80. The molecule has 1 fully saturated rings. The molecule has 1 N–H and O–H groups in total. The lowest BCUT2D eigenvalue weighted by Gasteiger charge is -2.13. The van der Waals surface area contributed by atoms with Crippen molar-refractivity contribution in [1.82, 2.24) is 9.80 Å². The van der Waals surface area contributed by atoms with E-state index in [-0.39, 0.29) is 5.91 Å². The van der Waals surface area contributed by atoms with Crippen LogP contribution in [0.15, 0.2) is 32.7 Å². The van der Waals surface area contributed by atoms with E-state index in [2.05, 4.69) is 0 Å². The Morgan fingerprint density at radius 3 is 2.52 bits per heavy atom. The highest BCUT2D eigenvalue weighted by atomic mass is 32.2. The maximum absolute atomic E-state index is 12.1. The third kappa shape index (κ3) is 3.02. The number of hydrogen-bond donors (Lipinski definition) is 1. The Morgan fingerprint density at radius 1 is 1.38 bits per heavy atom. The Bertz CT molecular complexity index is 622. The highest BCUT2D eigenvalue weighted by Gasteiger charge is 2.31. The summed E-state index contributed by atoms with van der Waals surface area (Å²) in [6, 6.07) is 0. The largest absolute Gasteiger partial charge is 0.477 e. The zero-order valence-corrected chi connectivity index (χ0v) is 14.2. The third-order valence-electron chi connectivity index (χ3n) is 3.13. The Balaban J connectivity index is 2.20. The SMILES string of the molecule is CCN1C(=O)C(=CC=C2SC(C(=O)O)=C(C)N2C)SC1=S. The molecule has 0 bridgehead atoms. The van der Waals surface area contributed by atoms with Gasteiger partial charge in [-0.1, -0.05) is 35.7 Å². The number of amides is 1. The Hall–Kier alpha value is -1.25. The van der Waals surface area contributed by atoms with Gasteiger partial charge in [-0.25, -0.2) is 4.79 Å². The molecule has 2 heterocycles. The molecule has 2 rings (SSSR count). The van der Waals surface area contributed by atoms with Crippen LogP contribution in [0.2, 0.25) is 0 Å². The zero-order chi connectivity index (χ0) is 15.7. The minimum absolute atomic E-state index is 0.0989. The summed E-state index contributed by atoms with van der Waals surface area (Å²) in [5.41, 5.74) is 0.688. The lowest BCUT2D eigenvalue weighted by atomic mass is 10.4. The highest BCUT2D eigenvalue weighted by Crippen LogP contribution is 2.40. The van der Waals surface area contributed by atoms with Crippen molar-refractivity contribution in [2.24, 2.45) is 0 Å². The number of nitrogens with zero attached hydrogens (tertiary/aromatic N) is 2. The third-order valence-corrected chi connectivity index (χ3v) is 5.82. The van der Waals surface area contributed by atoms with Crippen LogP contribution in [-0.4, -0.2) is 44.7 Å². The van der Waals surface area contributed by atoms with Gasteiger partial charge >= 0.3 is 5.97 Å². The summed E-state index contributed by atoms with van der Waals surface area (Å²) in [6.45, 7) is 4.18. The molecule has 0 saturated carbocycles. The van der Waals surface area contributed by atoms with E-state index >= 15 is 0 Å². The minimum atomic E-state index is -0.940. The number of likely N-dealkylation sites (N-methyl/N-ethyl adjacent to an activating group) is 1. The fourth-order valence-electron chi connectivity index (χ4n) is 1.84. The number of carboxylic acids is 1. The van der Waals surface area contributed by atoms with Crippen LogP contribution >= 0.6 is 35.7 Å². The summed E-state index contributed by atoms with van der Waals surface area (Å²) in [5.74, 6) is -1.04. The van der Waals surface area contributed by atoms with Crippen LogP contribution < -0.4 is 0 Å². The number of carbonyl (C=O) groups is 2. The van der Waals surface area contributed by atoms with Gasteiger partial charge in [0.25, 0.3) is 5.91 Å². The molecular formula is C13H14N2O3S3. The highest BCUT2D eigenvalue weighted by molar-refractivity contribution is 8.26. The van der Waals surface area contributed by atoms with Crippen LogP contribution in [0.5, 0.6) is 0 Å². The number of aliphatic carboxylic acids is 1. The van der Waals surface area contributed by atoms with Crippen molar-refractivity contribution in [2.75, 3.05) is 13.6 Å². The second-order valence-electron chi connectivity index (χ2n) is 4.33. The van der Waals surface area contributed by atoms with Gasteiger partial charge in [0, 0.05) is 19.3 Å². The summed E-state index contributed by atoms with van der Waals surface area (Å²) in [7, 11) is 1.80. The number of thioether (sulfide) groups is 2. The topological polar surface area (TPSA) is 60.9 Å². The molecule has 0 radical (unpaired) electrons. The molecule has 21 heavy (non-hydrogen) atoms. The zero-order valence-electron chi connectivity index (χ0n) is 11.7. The van der Waals surface area contributed by atoms with Gasteiger partial charge < -0.3 is 10.0 Å². The summed E-state index contributed by atoms with van der Waals surface area (Å²) >= 11 is 7.59. The van der Waals surface area contributed by atoms with Crippen molar-refractivity contribution in [3.05, 3.63) is 32.7 Å². The fraction of sp³-hybridized carbons (Fsp3) is 0.308. The molecule has 2 aliphatic rings. The predicted molar refractivity (Wildman–Crippen MR) is 89.4 cm³/mol. The molecule has 0 aromatic heterocycles. The second kappa shape index (κ2) is 6.25. The summed E-state index contributed by atoms with van der Waals surface area (Å²) in [4.78, 5) is 27.4. The summed E-state index contributed by atoms with van der Waals surface area (Å²) in [5, 5.41) is 9.88. The van der Waals surface area contributed by atoms with Gasteiger partial charge in [0.15, 0.2) is 0 Å². The maximum atomic E-state index is 12.1. The Labute approximate surface area is 136 Å². The summed E-state index contributed by atoms with van der Waals surface area (Å²) in [6.07, 6.45) is 3.46. The van der Waals surface area contributed by atoms with Crippen molar-refractivity contribution >= 4 is 51.9 Å². The first-order chi connectivity index (χ1) is 9.86. The van der Waals surface area contributed by atoms with E-state index in [1.54, 1.807) is 35.9 Å². The molecule has 0 unspecified atom stereocenters. The monoisotopic (exact) mass is 342 g/mol. The van der Waals surface area contributed by atoms with E-state index in [1.807, 2.05) is 6.92 Å². The fourth-order valence-corrected chi connectivity index (χ4v) is 4.16. The number of carboxylic acid groups (broad SMARTS) is 1. The quantitative estimate of drug-likeness (QED) is 0.625. The number of allylic oxidation sites excluding steroid dienone is 3. The van der Waals surface area contributed by atoms with Gasteiger partial charge in [0.1, 0.15) is 9.23 Å². The molecule has 0 atom stereocenters. The van der Waals surface area contributed by atoms with Gasteiger partial charge in [0.2, 0.25) is 0 Å². The molecule has 8 heteroatoms. The van der Waals surface area contributed by atoms with Gasteiger partial charge in [0.05, 0.1) is 9.93 Å². The molecule has 5 nitrogen and oxygen atoms in total. The molecule has 1 amide bonds. The lowest BCUT2D eigenvalue weighted by molar-refractivity contribution is -0.131. The van der Waals surface area contributed by atoms with Crippen molar-refractivity contribution in [1.29, 1.82) is 0 Å². The first kappa shape index (κ1) is 16.1. The predicted octanol–water partition coefficient (Wildman–Crippen LogP) is 2.59. The smallest absolute Gasteiger partial charge is 0.344 e. The van der Waals surface area contributed by atoms with Crippen molar-refractivity contribution in [3.63, 3.8) is 0 Å². The Morgan fingerprint density at radius 2 is 2.05 bits per heavy atom. The molecule has 0 aliphatic carbocycles. The standard InChI is InChI=1S/C13H14N2O3S3/c1-4-15-11(16)8(20-13(15)19)5-6-9-14(3)7(2)10(21-9)12(17)18/h5-6H,4H2,1-3H3,(H,17,18). The van der Waals surface area contributed by atoms with Gasteiger partial charge in [-0.3, -0.25) is 9.69 Å². The summed E-state index contributed by atoms with van der Waals surface area (Å²) < 4.78 is 0.556. The normalized spacial score (nSPS) is 23.2. The van der Waals surface area contributed by atoms with E-state index in [0.717, 1.165) is 5.03 Å². The number of thiocarbonyl (C=S) groups is 1. The number of carbonyl (C=O) groups excluding carboxylic acids is 1. The van der Waals surface area contributed by atoms with E-state index in [1.165, 1.54) is 23.5 Å². The van der Waals surface area contributed by atoms with E-state index < -0.39 is 5.97 Å². The molecule has 0 spiro atoms. The van der Waals surface area contributed by atoms with Gasteiger partial charge in [-0.05, 0) is 26.0 Å². The second-order valence-corrected chi connectivity index (χ2v) is 7.04. The molecule has 2 aliphatic heterocycles. The number of rotatable bonds is 3. The van der Waals surface area contributed by atoms with Crippen LogP contribution in [0.3, 0.4) is 0 Å². The van der Waals surface area contributed by atoms with E-state index in [9.17, 15) is 9.59 Å². The van der Waals surface area contributed by atoms with Crippen LogP contribution in [0.25, 0.3) is 0 Å². The maximum Gasteiger partial charge on any atom is 0.344 e. The first-order valence-electron chi connectivity index (χ1n) is 6.18.